The third-order valence-electron chi connectivity index (χ3n) is 4.22. The molecule has 2 amide bonds. The second-order valence-electron chi connectivity index (χ2n) is 6.02. The van der Waals surface area contributed by atoms with E-state index in [1.54, 1.807) is 12.1 Å². The van der Waals surface area contributed by atoms with Crippen LogP contribution in [0.1, 0.15) is 23.7 Å². The Kier molecular flexibility index (Phi) is 5.78. The van der Waals surface area contributed by atoms with Crippen molar-refractivity contribution in [1.82, 2.24) is 10.3 Å². The fraction of sp³-hybridized carbons (Fsp3) is 0.316. The zero-order valence-corrected chi connectivity index (χ0v) is 15.3. The van der Waals surface area contributed by atoms with Crippen molar-refractivity contribution in [1.29, 1.82) is 0 Å². The van der Waals surface area contributed by atoms with E-state index in [0.717, 1.165) is 24.1 Å². The summed E-state index contributed by atoms with van der Waals surface area (Å²) in [7, 11) is -1.81. The Hall–Kier alpha value is -2.54. The lowest BCUT2D eigenvalue weighted by molar-refractivity contribution is -0.119. The molecule has 7 heteroatoms. The number of carbonyl (C=O) groups excluding carboxylic acids is 2. The van der Waals surface area contributed by atoms with Gasteiger partial charge >= 0.3 is 5.24 Å². The maximum atomic E-state index is 11.8. The van der Waals surface area contributed by atoms with Gasteiger partial charge < -0.3 is 4.74 Å². The van der Waals surface area contributed by atoms with Crippen LogP contribution in [-0.2, 0) is 34.9 Å². The maximum Gasteiger partial charge on any atom is 0.316 e. The number of ether oxygens (including phenoxy) is 1. The van der Waals surface area contributed by atoms with Gasteiger partial charge in [0.2, 0.25) is 5.91 Å². The van der Waals surface area contributed by atoms with Crippen molar-refractivity contribution >= 4 is 21.9 Å². The van der Waals surface area contributed by atoms with E-state index in [-0.39, 0.29) is 6.42 Å². The van der Waals surface area contributed by atoms with Gasteiger partial charge in [0.05, 0.1) is 6.61 Å². The highest BCUT2D eigenvalue weighted by Crippen LogP contribution is 2.17. The van der Waals surface area contributed by atoms with Gasteiger partial charge in [-0.1, -0.05) is 25.1 Å². The lowest BCUT2D eigenvalue weighted by Crippen LogP contribution is -2.26. The van der Waals surface area contributed by atoms with Crippen LogP contribution >= 0.6 is 0 Å². The molecule has 2 atom stereocenters. The molecule has 6 nitrogen and oxygen atoms in total. The van der Waals surface area contributed by atoms with Crippen molar-refractivity contribution in [2.75, 3.05) is 6.61 Å². The minimum atomic E-state index is -1.81. The van der Waals surface area contributed by atoms with E-state index < -0.39 is 27.2 Å². The van der Waals surface area contributed by atoms with Crippen molar-refractivity contribution in [2.45, 2.75) is 31.4 Å². The Morgan fingerprint density at radius 3 is 2.42 bits per heavy atom. The Morgan fingerprint density at radius 1 is 1.12 bits per heavy atom. The molecule has 1 saturated heterocycles. The Morgan fingerprint density at radius 2 is 1.85 bits per heavy atom. The highest BCUT2D eigenvalue weighted by atomic mass is 32.2. The number of pyridine rings is 1. The minimum Gasteiger partial charge on any atom is -0.493 e. The molecule has 3 rings (SSSR count). The largest absolute Gasteiger partial charge is 0.493 e. The summed E-state index contributed by atoms with van der Waals surface area (Å²) in [5, 5.41) is 0.569. The van der Waals surface area contributed by atoms with Gasteiger partial charge in [-0.05, 0) is 42.2 Å². The molecule has 1 N–H and O–H groups in total. The molecular weight excluding hydrogens is 352 g/mol. The molecule has 0 spiro atoms. The van der Waals surface area contributed by atoms with Crippen LogP contribution in [0.2, 0.25) is 0 Å². The van der Waals surface area contributed by atoms with Crippen LogP contribution in [0.5, 0.6) is 5.75 Å². The lowest BCUT2D eigenvalue weighted by atomic mass is 10.1. The third kappa shape index (κ3) is 4.35. The van der Waals surface area contributed by atoms with E-state index in [9.17, 15) is 13.8 Å². The molecule has 136 valence electrons. The molecule has 1 aromatic heterocycles. The monoisotopic (exact) mass is 372 g/mol. The van der Waals surface area contributed by atoms with Crippen LogP contribution in [-0.4, -0.2) is 32.2 Å². The van der Waals surface area contributed by atoms with Crippen molar-refractivity contribution in [3.05, 3.63) is 59.4 Å². The highest BCUT2D eigenvalue weighted by Gasteiger charge is 2.38. The number of nitrogens with one attached hydrogen (secondary N) is 1. The SMILES string of the molecule is CCc1ccc(CCOc2ccc(CC3C(=O)NC(=O)S3=O)cc2)nc1. The normalized spacial score (nSPS) is 19.4. The first kappa shape index (κ1) is 18.3. The first-order chi connectivity index (χ1) is 12.6. The van der Waals surface area contributed by atoms with Gasteiger partial charge in [0.15, 0.2) is 0 Å². The average molecular weight is 372 g/mol. The summed E-state index contributed by atoms with van der Waals surface area (Å²) in [6.07, 6.45) is 3.84. The van der Waals surface area contributed by atoms with Crippen molar-refractivity contribution < 1.29 is 18.5 Å². The molecule has 1 aliphatic rings. The molecule has 0 aliphatic carbocycles. The summed E-state index contributed by atoms with van der Waals surface area (Å²) >= 11 is 0. The molecule has 1 aliphatic heterocycles. The predicted molar refractivity (Wildman–Crippen MR) is 98.4 cm³/mol. The number of rotatable bonds is 7. The molecule has 2 heterocycles. The van der Waals surface area contributed by atoms with Gasteiger partial charge in [0.1, 0.15) is 21.8 Å². The molecule has 26 heavy (non-hydrogen) atoms. The average Bonchev–Trinajstić information content (AvgIpc) is 2.90. The quantitative estimate of drug-likeness (QED) is 0.805. The fourth-order valence-electron chi connectivity index (χ4n) is 2.65. The van der Waals surface area contributed by atoms with E-state index in [1.165, 1.54) is 5.56 Å². The fourth-order valence-corrected chi connectivity index (χ4v) is 3.70. The van der Waals surface area contributed by atoms with E-state index in [4.69, 9.17) is 4.74 Å². The van der Waals surface area contributed by atoms with Crippen LogP contribution in [0.25, 0.3) is 0 Å². The number of carbonyl (C=O) groups is 2. The summed E-state index contributed by atoms with van der Waals surface area (Å²) < 4.78 is 17.5. The molecule has 0 saturated carbocycles. The summed E-state index contributed by atoms with van der Waals surface area (Å²) in [6.45, 7) is 2.61. The first-order valence-electron chi connectivity index (χ1n) is 8.47. The summed E-state index contributed by atoms with van der Waals surface area (Å²) in [6, 6.07) is 11.3. The molecule has 2 unspecified atom stereocenters. The predicted octanol–water partition coefficient (Wildman–Crippen LogP) is 2.18. The third-order valence-corrected chi connectivity index (χ3v) is 5.59. The number of benzene rings is 1. The maximum absolute atomic E-state index is 11.8. The number of hydrogen-bond acceptors (Lipinski definition) is 5. The first-order valence-corrected chi connectivity index (χ1v) is 9.69. The number of hydrogen-bond donors (Lipinski definition) is 1. The van der Waals surface area contributed by atoms with E-state index in [1.807, 2.05) is 24.4 Å². The molecule has 2 aromatic rings. The number of aromatic nitrogens is 1. The van der Waals surface area contributed by atoms with E-state index in [0.29, 0.717) is 12.4 Å². The Balaban J connectivity index is 1.50. The molecule has 0 bridgehead atoms. The molecule has 1 fully saturated rings. The van der Waals surface area contributed by atoms with Gasteiger partial charge in [0, 0.05) is 18.3 Å². The smallest absolute Gasteiger partial charge is 0.316 e. The van der Waals surface area contributed by atoms with E-state index in [2.05, 4.69) is 23.3 Å². The Bertz CT molecular complexity index is 818. The van der Waals surface area contributed by atoms with Gasteiger partial charge in [-0.25, -0.2) is 4.21 Å². The van der Waals surface area contributed by atoms with Crippen molar-refractivity contribution in [3.8, 4) is 5.75 Å². The van der Waals surface area contributed by atoms with E-state index >= 15 is 0 Å². The minimum absolute atomic E-state index is 0.262. The summed E-state index contributed by atoms with van der Waals surface area (Å²) in [4.78, 5) is 27.3. The Labute approximate surface area is 154 Å². The topological polar surface area (TPSA) is 85.4 Å². The van der Waals surface area contributed by atoms with Crippen LogP contribution in [0, 0.1) is 0 Å². The van der Waals surface area contributed by atoms with Gasteiger partial charge in [-0.3, -0.25) is 19.9 Å². The van der Waals surface area contributed by atoms with Gasteiger partial charge in [-0.2, -0.15) is 0 Å². The molecular formula is C19H20N2O4S. The zero-order chi connectivity index (χ0) is 18.5. The van der Waals surface area contributed by atoms with Crippen LogP contribution in [0.3, 0.4) is 0 Å². The number of nitrogens with zero attached hydrogens (tertiary/aromatic N) is 1. The molecule has 1 aromatic carbocycles. The van der Waals surface area contributed by atoms with Gasteiger partial charge in [-0.15, -0.1) is 0 Å². The summed E-state index contributed by atoms with van der Waals surface area (Å²) in [5.74, 6) is 0.238. The number of amides is 2. The lowest BCUT2D eigenvalue weighted by Gasteiger charge is -2.09. The zero-order valence-electron chi connectivity index (χ0n) is 14.4. The van der Waals surface area contributed by atoms with Gasteiger partial charge in [0.25, 0.3) is 0 Å². The van der Waals surface area contributed by atoms with Crippen molar-refractivity contribution in [3.63, 3.8) is 0 Å². The van der Waals surface area contributed by atoms with Crippen molar-refractivity contribution in [2.24, 2.45) is 0 Å². The highest BCUT2D eigenvalue weighted by molar-refractivity contribution is 8.02. The molecule has 0 radical (unpaired) electrons. The van der Waals surface area contributed by atoms with Crippen LogP contribution in [0.4, 0.5) is 4.79 Å². The number of aryl methyl sites for hydroxylation is 1. The summed E-state index contributed by atoms with van der Waals surface area (Å²) in [5.41, 5.74) is 3.03. The second-order valence-corrected chi connectivity index (χ2v) is 7.56. The number of imide groups is 1. The second kappa shape index (κ2) is 8.23. The van der Waals surface area contributed by atoms with Crippen LogP contribution in [0.15, 0.2) is 42.6 Å². The standard InChI is InChI=1S/C19H20N2O4S/c1-2-13-3-6-15(20-12-13)9-10-25-16-7-4-14(5-8-16)11-17-18(22)21-19(23)26(17)24/h3-8,12,17H,2,9-11H2,1H3,(H,21,22,23). The van der Waals surface area contributed by atoms with Crippen LogP contribution < -0.4 is 10.1 Å².